The van der Waals surface area contributed by atoms with E-state index in [-0.39, 0.29) is 23.8 Å². The van der Waals surface area contributed by atoms with Gasteiger partial charge in [-0.1, -0.05) is 0 Å². The Morgan fingerprint density at radius 1 is 1.46 bits per heavy atom. The highest BCUT2D eigenvalue weighted by Crippen LogP contribution is 2.29. The molecule has 0 aliphatic carbocycles. The average Bonchev–Trinajstić information content (AvgIpc) is 2.80. The van der Waals surface area contributed by atoms with Crippen LogP contribution in [0.15, 0.2) is 5.38 Å². The summed E-state index contributed by atoms with van der Waals surface area (Å²) in [6.07, 6.45) is 2.85. The topological polar surface area (TPSA) is 88.8 Å². The maximum atomic E-state index is 12.6. The van der Waals surface area contributed by atoms with Gasteiger partial charge in [0.1, 0.15) is 0 Å². The third-order valence-corrected chi connectivity index (χ3v) is 5.57. The van der Waals surface area contributed by atoms with Crippen LogP contribution in [0.3, 0.4) is 0 Å². The van der Waals surface area contributed by atoms with Crippen molar-refractivity contribution in [2.75, 3.05) is 39.1 Å². The predicted molar refractivity (Wildman–Crippen MR) is 91.5 cm³/mol. The summed E-state index contributed by atoms with van der Waals surface area (Å²) in [6.45, 7) is 2.31. The molecular formula is C16H24N4O3S. The number of nitrogen functional groups attached to an aromatic ring is 1. The van der Waals surface area contributed by atoms with E-state index in [1.807, 2.05) is 15.2 Å². The van der Waals surface area contributed by atoms with Crippen LogP contribution in [0, 0.1) is 5.92 Å². The molecule has 0 aromatic carbocycles. The Morgan fingerprint density at radius 3 is 3.00 bits per heavy atom. The number of fused-ring (bicyclic) bond motifs is 4. The van der Waals surface area contributed by atoms with E-state index in [2.05, 4.69) is 4.98 Å². The Hall–Kier alpha value is -1.67. The highest BCUT2D eigenvalue weighted by Gasteiger charge is 2.41. The number of nitrogens with zero attached hydrogens (tertiary/aromatic N) is 3. The van der Waals surface area contributed by atoms with Gasteiger partial charge in [-0.15, -0.1) is 11.3 Å². The van der Waals surface area contributed by atoms with Crippen LogP contribution in [0.25, 0.3) is 0 Å². The van der Waals surface area contributed by atoms with Gasteiger partial charge in [-0.05, 0) is 19.3 Å². The number of carbonyl (C=O) groups is 2. The molecule has 2 atom stereocenters. The van der Waals surface area contributed by atoms with Crippen molar-refractivity contribution in [2.24, 2.45) is 5.92 Å². The Labute approximate surface area is 145 Å². The van der Waals surface area contributed by atoms with Crippen molar-refractivity contribution in [3.63, 3.8) is 0 Å². The van der Waals surface area contributed by atoms with Crippen molar-refractivity contribution in [2.45, 2.75) is 31.7 Å². The molecule has 3 saturated heterocycles. The van der Waals surface area contributed by atoms with Crippen molar-refractivity contribution in [3.8, 4) is 0 Å². The van der Waals surface area contributed by atoms with E-state index in [1.165, 1.54) is 11.3 Å². The summed E-state index contributed by atoms with van der Waals surface area (Å²) >= 11 is 1.39. The number of amides is 2. The molecule has 3 aliphatic heterocycles. The van der Waals surface area contributed by atoms with Crippen LogP contribution in [0.2, 0.25) is 0 Å². The fraction of sp³-hybridized carbons (Fsp3) is 0.688. The van der Waals surface area contributed by atoms with E-state index >= 15 is 0 Å². The fourth-order valence-corrected chi connectivity index (χ4v) is 4.16. The fourth-order valence-electron chi connectivity index (χ4n) is 3.56. The first-order valence-corrected chi connectivity index (χ1v) is 9.23. The normalized spacial score (nSPS) is 23.6. The van der Waals surface area contributed by atoms with E-state index in [1.54, 1.807) is 7.11 Å². The van der Waals surface area contributed by atoms with Crippen molar-refractivity contribution in [3.05, 3.63) is 11.1 Å². The van der Waals surface area contributed by atoms with Gasteiger partial charge in [0.05, 0.1) is 18.2 Å². The first-order chi connectivity index (χ1) is 11.6. The molecule has 4 heterocycles. The first kappa shape index (κ1) is 17.2. The van der Waals surface area contributed by atoms with Crippen molar-refractivity contribution >= 4 is 28.3 Å². The summed E-state index contributed by atoms with van der Waals surface area (Å²) in [5.74, 6) is 0.199. The lowest BCUT2D eigenvalue weighted by Crippen LogP contribution is -2.49. The van der Waals surface area contributed by atoms with E-state index < -0.39 is 0 Å². The van der Waals surface area contributed by atoms with Gasteiger partial charge in [0.15, 0.2) is 5.13 Å². The standard InChI is InChI=1S/C16H24N4O3S/c1-23-7-6-20-13-4-2-11(15(20)22)8-19(9-13)14(21)5-3-12-10-24-16(17)18-12/h10-11,13H,2-9H2,1H3,(H2,17,18)/t11-,13+/m1/s1. The van der Waals surface area contributed by atoms with Crippen LogP contribution in [0.4, 0.5) is 5.13 Å². The van der Waals surface area contributed by atoms with Crippen molar-refractivity contribution in [1.82, 2.24) is 14.8 Å². The molecule has 7 nitrogen and oxygen atoms in total. The molecule has 2 amide bonds. The van der Waals surface area contributed by atoms with Gasteiger partial charge in [0.2, 0.25) is 11.8 Å². The smallest absolute Gasteiger partial charge is 0.227 e. The van der Waals surface area contributed by atoms with Crippen molar-refractivity contribution in [1.29, 1.82) is 0 Å². The summed E-state index contributed by atoms with van der Waals surface area (Å²) < 4.78 is 5.11. The number of piperidine rings is 1. The lowest BCUT2D eigenvalue weighted by Gasteiger charge is -2.35. The van der Waals surface area contributed by atoms with E-state index in [4.69, 9.17) is 10.5 Å². The minimum atomic E-state index is -0.0699. The molecule has 3 fully saturated rings. The molecule has 0 radical (unpaired) electrons. The van der Waals surface area contributed by atoms with Crippen LogP contribution in [-0.4, -0.2) is 66.0 Å². The molecular weight excluding hydrogens is 328 g/mol. The summed E-state index contributed by atoms with van der Waals surface area (Å²) in [5.41, 5.74) is 6.48. The monoisotopic (exact) mass is 352 g/mol. The van der Waals surface area contributed by atoms with Crippen molar-refractivity contribution < 1.29 is 14.3 Å². The second-order valence-electron chi connectivity index (χ2n) is 6.43. The van der Waals surface area contributed by atoms with Crippen LogP contribution < -0.4 is 5.73 Å². The number of carbonyl (C=O) groups excluding carboxylic acids is 2. The molecule has 4 rings (SSSR count). The molecule has 2 N–H and O–H groups in total. The molecule has 1 aromatic rings. The molecule has 24 heavy (non-hydrogen) atoms. The number of thiazole rings is 1. The number of methoxy groups -OCH3 is 1. The number of aryl methyl sites for hydroxylation is 1. The predicted octanol–water partition coefficient (Wildman–Crippen LogP) is 0.754. The second-order valence-corrected chi connectivity index (χ2v) is 7.32. The summed E-state index contributed by atoms with van der Waals surface area (Å²) in [6, 6.07) is 0.116. The maximum absolute atomic E-state index is 12.6. The average molecular weight is 352 g/mol. The third-order valence-electron chi connectivity index (χ3n) is 4.85. The van der Waals surface area contributed by atoms with Crippen LogP contribution in [-0.2, 0) is 20.7 Å². The number of rotatable bonds is 6. The summed E-state index contributed by atoms with van der Waals surface area (Å²) in [5, 5.41) is 2.43. The molecule has 0 unspecified atom stereocenters. The Kier molecular flexibility index (Phi) is 5.35. The van der Waals surface area contributed by atoms with Gasteiger partial charge in [0.25, 0.3) is 0 Å². The zero-order valence-corrected chi connectivity index (χ0v) is 14.8. The highest BCUT2D eigenvalue weighted by atomic mass is 32.1. The van der Waals surface area contributed by atoms with E-state index in [0.29, 0.717) is 44.2 Å². The Balaban J connectivity index is 1.61. The quantitative estimate of drug-likeness (QED) is 0.816. The lowest BCUT2D eigenvalue weighted by molar-refractivity contribution is -0.140. The zero-order valence-electron chi connectivity index (χ0n) is 13.9. The molecule has 132 valence electrons. The van der Waals surface area contributed by atoms with E-state index in [0.717, 1.165) is 18.5 Å². The molecule has 1 aromatic heterocycles. The van der Waals surface area contributed by atoms with Gasteiger partial charge < -0.3 is 20.3 Å². The van der Waals surface area contributed by atoms with Crippen LogP contribution in [0.5, 0.6) is 0 Å². The van der Waals surface area contributed by atoms with Crippen LogP contribution >= 0.6 is 11.3 Å². The van der Waals surface area contributed by atoms with Crippen LogP contribution in [0.1, 0.15) is 25.0 Å². The van der Waals surface area contributed by atoms with Gasteiger partial charge >= 0.3 is 0 Å². The third kappa shape index (κ3) is 3.70. The second kappa shape index (κ2) is 7.48. The number of hydrogen-bond acceptors (Lipinski definition) is 6. The molecule has 0 saturated carbocycles. The number of aromatic nitrogens is 1. The molecule has 2 bridgehead atoms. The molecule has 8 heteroatoms. The SMILES string of the molecule is COCCN1C(=O)[C@@H]2CC[C@H]1CN(C(=O)CCc1csc(N)n1)C2. The Bertz CT molecular complexity index is 606. The lowest BCUT2D eigenvalue weighted by atomic mass is 9.94. The highest BCUT2D eigenvalue weighted by molar-refractivity contribution is 7.13. The first-order valence-electron chi connectivity index (χ1n) is 8.35. The van der Waals surface area contributed by atoms with E-state index in [9.17, 15) is 9.59 Å². The summed E-state index contributed by atoms with van der Waals surface area (Å²) in [4.78, 5) is 33.1. The number of nitrogens with two attached hydrogens (primary N) is 1. The number of hydrogen-bond donors (Lipinski definition) is 1. The number of ether oxygens (including phenoxy) is 1. The summed E-state index contributed by atoms with van der Waals surface area (Å²) in [7, 11) is 1.64. The van der Waals surface area contributed by atoms with Gasteiger partial charge in [-0.2, -0.15) is 0 Å². The van der Waals surface area contributed by atoms with Gasteiger partial charge in [-0.3, -0.25) is 9.59 Å². The zero-order chi connectivity index (χ0) is 17.1. The van der Waals surface area contributed by atoms with Gasteiger partial charge in [0, 0.05) is 44.6 Å². The Morgan fingerprint density at radius 2 is 2.29 bits per heavy atom. The largest absolute Gasteiger partial charge is 0.383 e. The van der Waals surface area contributed by atoms with Gasteiger partial charge in [-0.25, -0.2) is 4.98 Å². The molecule has 0 spiro atoms. The number of anilines is 1. The minimum Gasteiger partial charge on any atom is -0.383 e. The molecule has 3 aliphatic rings. The maximum Gasteiger partial charge on any atom is 0.227 e. The minimum absolute atomic E-state index is 0.0699.